The summed E-state index contributed by atoms with van der Waals surface area (Å²) in [6.07, 6.45) is 6.56. The number of fused-ring (bicyclic) bond motifs is 1. The molecule has 44 heavy (non-hydrogen) atoms. The second kappa shape index (κ2) is 10.3. The Balaban J connectivity index is 0.926. The molecule has 3 unspecified atom stereocenters. The number of pyridine rings is 1. The summed E-state index contributed by atoms with van der Waals surface area (Å²) in [6, 6.07) is 12.1. The molecule has 3 heterocycles. The van der Waals surface area contributed by atoms with Crippen LogP contribution in [0, 0.1) is 29.1 Å². The van der Waals surface area contributed by atoms with Crippen LogP contribution in [0.1, 0.15) is 38.5 Å². The topological polar surface area (TPSA) is 98.0 Å². The number of para-hydroxylation sites is 2. The average molecular weight is 606 g/mol. The maximum atomic E-state index is 13.8. The first-order valence-corrected chi connectivity index (χ1v) is 16.2. The molecule has 9 nitrogen and oxygen atoms in total. The van der Waals surface area contributed by atoms with E-state index in [-0.39, 0.29) is 29.8 Å². The molecule has 4 bridgehead atoms. The van der Waals surface area contributed by atoms with Gasteiger partial charge in [-0.3, -0.25) is 14.6 Å². The summed E-state index contributed by atoms with van der Waals surface area (Å²) >= 11 is 0. The van der Waals surface area contributed by atoms with Crippen molar-refractivity contribution in [1.82, 2.24) is 15.2 Å². The summed E-state index contributed by atoms with van der Waals surface area (Å²) < 4.78 is 26.7. The monoisotopic (exact) mass is 605 g/mol. The van der Waals surface area contributed by atoms with Gasteiger partial charge >= 0.3 is 6.03 Å². The van der Waals surface area contributed by atoms with Crippen molar-refractivity contribution in [1.29, 1.82) is 0 Å². The van der Waals surface area contributed by atoms with Gasteiger partial charge < -0.3 is 20.9 Å². The molecule has 1 aromatic carbocycles. The van der Waals surface area contributed by atoms with E-state index in [1.807, 2.05) is 41.4 Å². The zero-order valence-electron chi connectivity index (χ0n) is 25.0. The molecule has 1 saturated heterocycles. The number of nitrogens with two attached hydrogens (primary N) is 1. The van der Waals surface area contributed by atoms with Crippen molar-refractivity contribution in [2.24, 2.45) is 34.8 Å². The lowest BCUT2D eigenvalue weighted by Gasteiger charge is -2.59. The van der Waals surface area contributed by atoms with Crippen molar-refractivity contribution in [3.8, 4) is 0 Å². The molecule has 0 spiro atoms. The van der Waals surface area contributed by atoms with E-state index in [0.29, 0.717) is 37.4 Å². The number of hydrogen-bond acceptors (Lipinski definition) is 6. The maximum Gasteiger partial charge on any atom is 0.322 e. The first-order valence-electron chi connectivity index (χ1n) is 16.2. The van der Waals surface area contributed by atoms with Gasteiger partial charge in [-0.15, -0.1) is 0 Å². The molecular formula is C33H41F2N7O2. The number of aromatic nitrogens is 1. The number of halogens is 2. The Bertz CT molecular complexity index is 1430. The SMILES string of the molecule is NC(=O)C12CC3CC(C1)C(NC(=O)N1CCN(c4ccc(N5CCN(CC6CC6(F)F)CC5)cn4)c4ccccc41)C(C3)C2. The van der Waals surface area contributed by atoms with Crippen molar-refractivity contribution < 1.29 is 18.4 Å². The van der Waals surface area contributed by atoms with Gasteiger partial charge in [0, 0.05) is 69.6 Å². The molecule has 11 heteroatoms. The van der Waals surface area contributed by atoms with Crippen LogP contribution in [0.15, 0.2) is 42.6 Å². The number of rotatable bonds is 6. The Labute approximate surface area is 256 Å². The number of anilines is 4. The highest BCUT2D eigenvalue weighted by atomic mass is 19.3. The van der Waals surface area contributed by atoms with E-state index in [1.54, 1.807) is 0 Å². The predicted octanol–water partition coefficient (Wildman–Crippen LogP) is 4.21. The Morgan fingerprint density at radius 3 is 2.25 bits per heavy atom. The number of piperazine rings is 1. The van der Waals surface area contributed by atoms with Crippen LogP contribution in [-0.2, 0) is 4.79 Å². The van der Waals surface area contributed by atoms with E-state index in [4.69, 9.17) is 10.7 Å². The highest BCUT2D eigenvalue weighted by Gasteiger charge is 2.58. The molecule has 2 aliphatic heterocycles. The van der Waals surface area contributed by atoms with Crippen molar-refractivity contribution in [2.75, 3.05) is 60.5 Å². The van der Waals surface area contributed by atoms with Gasteiger partial charge in [0.25, 0.3) is 5.92 Å². The van der Waals surface area contributed by atoms with Crippen molar-refractivity contribution in [2.45, 2.75) is 50.5 Å². The van der Waals surface area contributed by atoms with E-state index in [9.17, 15) is 18.4 Å². The molecule has 3 amide bonds. The molecule has 0 radical (unpaired) electrons. The van der Waals surface area contributed by atoms with E-state index >= 15 is 0 Å². The Morgan fingerprint density at radius 2 is 1.61 bits per heavy atom. The minimum Gasteiger partial charge on any atom is -0.369 e. The fourth-order valence-electron chi connectivity index (χ4n) is 9.29. The molecule has 234 valence electrons. The number of primary amides is 1. The molecule has 5 aliphatic carbocycles. The molecule has 7 aliphatic rings. The smallest absolute Gasteiger partial charge is 0.322 e. The number of hydrogen-bond donors (Lipinski definition) is 2. The first kappa shape index (κ1) is 28.0. The summed E-state index contributed by atoms with van der Waals surface area (Å²) in [5.74, 6) is -1.10. The number of nitrogens with zero attached hydrogens (tertiary/aromatic N) is 5. The zero-order chi connectivity index (χ0) is 30.2. The molecule has 6 fully saturated rings. The fraction of sp³-hybridized carbons (Fsp3) is 0.606. The third-order valence-electron chi connectivity index (χ3n) is 11.5. The molecule has 2 aromatic rings. The Kier molecular flexibility index (Phi) is 6.55. The Hall–Kier alpha value is -3.47. The van der Waals surface area contributed by atoms with Crippen molar-refractivity contribution >= 4 is 34.8 Å². The van der Waals surface area contributed by atoms with Crippen LogP contribution < -0.4 is 25.8 Å². The van der Waals surface area contributed by atoms with E-state index in [1.165, 1.54) is 0 Å². The number of nitrogens with one attached hydrogen (secondary N) is 1. The summed E-state index contributed by atoms with van der Waals surface area (Å²) in [4.78, 5) is 39.4. The minimum atomic E-state index is -2.46. The van der Waals surface area contributed by atoms with Crippen molar-refractivity contribution in [3.63, 3.8) is 0 Å². The van der Waals surface area contributed by atoms with E-state index in [0.717, 1.165) is 81.2 Å². The normalized spacial score (nSPS) is 33.7. The number of alkyl halides is 2. The van der Waals surface area contributed by atoms with Crippen LogP contribution in [0.5, 0.6) is 0 Å². The lowest BCUT2D eigenvalue weighted by Crippen LogP contribution is -2.63. The van der Waals surface area contributed by atoms with Crippen LogP contribution in [0.3, 0.4) is 0 Å². The second-order valence-electron chi connectivity index (χ2n) is 14.2. The van der Waals surface area contributed by atoms with Crippen LogP contribution >= 0.6 is 0 Å². The standard InChI is InChI=1S/C33H41F2N7O2/c34-33(35)18-24(33)20-39-7-9-40(10-8-39)25-5-6-28(37-19-25)41-11-12-42(27-4-2-1-3-26(27)41)31(44)38-29-22-13-21-14-23(29)17-32(15-21,16-22)30(36)43/h1-6,19,21-24,29H,7-18,20H2,(H2,36,43)(H,38,44). The quantitative estimate of drug-likeness (QED) is 0.512. The highest BCUT2D eigenvalue weighted by Crippen LogP contribution is 2.60. The maximum absolute atomic E-state index is 13.8. The van der Waals surface area contributed by atoms with Gasteiger partial charge in [0.15, 0.2) is 0 Å². The van der Waals surface area contributed by atoms with Crippen LogP contribution in [-0.4, -0.2) is 79.6 Å². The molecule has 3 atom stereocenters. The third kappa shape index (κ3) is 4.78. The number of carbonyl (C=O) groups is 2. The number of carbonyl (C=O) groups excluding carboxylic acids is 2. The second-order valence-corrected chi connectivity index (χ2v) is 14.2. The summed E-state index contributed by atoms with van der Waals surface area (Å²) in [7, 11) is 0. The fourth-order valence-corrected chi connectivity index (χ4v) is 9.29. The molecule has 9 rings (SSSR count). The van der Waals surface area contributed by atoms with Crippen LogP contribution in [0.2, 0.25) is 0 Å². The molecular weight excluding hydrogens is 564 g/mol. The minimum absolute atomic E-state index is 0.0292. The number of amides is 3. The van der Waals surface area contributed by atoms with Crippen LogP contribution in [0.25, 0.3) is 0 Å². The van der Waals surface area contributed by atoms with Crippen LogP contribution in [0.4, 0.5) is 36.5 Å². The lowest BCUT2D eigenvalue weighted by molar-refractivity contribution is -0.145. The molecule has 3 N–H and O–H groups in total. The van der Waals surface area contributed by atoms with Gasteiger partial charge in [-0.1, -0.05) is 12.1 Å². The van der Waals surface area contributed by atoms with Gasteiger partial charge in [-0.05, 0) is 74.1 Å². The van der Waals surface area contributed by atoms with Gasteiger partial charge in [0.2, 0.25) is 5.91 Å². The van der Waals surface area contributed by atoms with E-state index in [2.05, 4.69) is 26.1 Å². The van der Waals surface area contributed by atoms with Gasteiger partial charge in [0.05, 0.1) is 23.3 Å². The van der Waals surface area contributed by atoms with E-state index < -0.39 is 11.8 Å². The number of urea groups is 1. The summed E-state index contributed by atoms with van der Waals surface area (Å²) in [5.41, 5.74) is 8.34. The van der Waals surface area contributed by atoms with Gasteiger partial charge in [0.1, 0.15) is 5.82 Å². The first-order chi connectivity index (χ1) is 21.2. The molecule has 5 saturated carbocycles. The number of benzene rings is 1. The van der Waals surface area contributed by atoms with Crippen molar-refractivity contribution in [3.05, 3.63) is 42.6 Å². The largest absolute Gasteiger partial charge is 0.369 e. The predicted molar refractivity (Wildman–Crippen MR) is 164 cm³/mol. The lowest BCUT2D eigenvalue weighted by atomic mass is 9.47. The summed E-state index contributed by atoms with van der Waals surface area (Å²) in [5, 5.41) is 3.40. The zero-order valence-corrected chi connectivity index (χ0v) is 25.0. The van der Waals surface area contributed by atoms with Gasteiger partial charge in [-0.2, -0.15) is 0 Å². The van der Waals surface area contributed by atoms with Gasteiger partial charge in [-0.25, -0.2) is 18.6 Å². The average Bonchev–Trinajstić information content (AvgIpc) is 3.63. The highest BCUT2D eigenvalue weighted by molar-refractivity contribution is 5.98. The third-order valence-corrected chi connectivity index (χ3v) is 11.5. The summed E-state index contributed by atoms with van der Waals surface area (Å²) in [6.45, 7) is 4.78. The molecule has 1 aromatic heterocycles. The Morgan fingerprint density at radius 1 is 0.909 bits per heavy atom.